The Balaban J connectivity index is 2.34. The van der Waals surface area contributed by atoms with Crippen molar-refractivity contribution in [2.45, 2.75) is 32.2 Å². The summed E-state index contributed by atoms with van der Waals surface area (Å²) in [5.41, 5.74) is 1.03. The Morgan fingerprint density at radius 1 is 1.30 bits per heavy atom. The number of thiazole rings is 1. The molecular weight excluding hydrogens is 274 g/mol. The Hall–Kier alpha value is -0.980. The number of hydrogen-bond donors (Lipinski definition) is 1. The number of likely N-dealkylation sites (N-methyl/N-ethyl adjacent to an activating group) is 1. The lowest BCUT2D eigenvalue weighted by atomic mass is 10.2. The molecule has 0 atom stereocenters. The van der Waals surface area contributed by atoms with Crippen LogP contribution in [0.2, 0.25) is 0 Å². The van der Waals surface area contributed by atoms with Crippen LogP contribution in [0.25, 0.3) is 0 Å². The third-order valence-corrected chi connectivity index (χ3v) is 3.93. The lowest BCUT2D eigenvalue weighted by Gasteiger charge is -2.14. The van der Waals surface area contributed by atoms with E-state index in [-0.39, 0.29) is 12.5 Å². The molecule has 1 N–H and O–H groups in total. The molecule has 0 saturated heterocycles. The van der Waals surface area contributed by atoms with Crippen molar-refractivity contribution in [3.05, 3.63) is 16.1 Å². The van der Waals surface area contributed by atoms with E-state index in [2.05, 4.69) is 16.9 Å². The van der Waals surface area contributed by atoms with Crippen molar-refractivity contribution >= 4 is 17.2 Å². The van der Waals surface area contributed by atoms with Crippen molar-refractivity contribution < 1.29 is 9.90 Å². The smallest absolute Gasteiger partial charge is 0.228 e. The van der Waals surface area contributed by atoms with Crippen molar-refractivity contribution in [2.75, 3.05) is 34.3 Å². The van der Waals surface area contributed by atoms with Gasteiger partial charge in [0, 0.05) is 32.6 Å². The molecule has 0 aliphatic heterocycles. The fourth-order valence-corrected chi connectivity index (χ4v) is 2.59. The van der Waals surface area contributed by atoms with Crippen LogP contribution < -0.4 is 0 Å². The number of aromatic nitrogens is 1. The molecule has 1 aromatic heterocycles. The van der Waals surface area contributed by atoms with Gasteiger partial charge >= 0.3 is 0 Å². The normalized spacial score (nSPS) is 11.1. The molecule has 0 aliphatic carbocycles. The van der Waals surface area contributed by atoms with Crippen LogP contribution in [-0.2, 0) is 17.8 Å². The minimum atomic E-state index is 0.0864. The van der Waals surface area contributed by atoms with Gasteiger partial charge in [0.2, 0.25) is 5.91 Å². The molecule has 1 amide bonds. The van der Waals surface area contributed by atoms with Gasteiger partial charge in [-0.1, -0.05) is 0 Å². The van der Waals surface area contributed by atoms with E-state index >= 15 is 0 Å². The summed E-state index contributed by atoms with van der Waals surface area (Å²) in [6.07, 6.45) is 3.41. The van der Waals surface area contributed by atoms with Crippen molar-refractivity contribution in [3.8, 4) is 0 Å². The zero-order chi connectivity index (χ0) is 15.0. The second-order valence-corrected chi connectivity index (χ2v) is 6.16. The van der Waals surface area contributed by atoms with Crippen LogP contribution in [0.4, 0.5) is 0 Å². The maximum Gasteiger partial charge on any atom is 0.228 e. The number of amides is 1. The fourth-order valence-electron chi connectivity index (χ4n) is 1.82. The maximum absolute atomic E-state index is 11.6. The topological polar surface area (TPSA) is 56.7 Å². The van der Waals surface area contributed by atoms with Crippen molar-refractivity contribution in [1.82, 2.24) is 14.8 Å². The molecule has 1 aromatic rings. The van der Waals surface area contributed by atoms with Gasteiger partial charge in [-0.05, 0) is 32.9 Å². The van der Waals surface area contributed by atoms with E-state index in [4.69, 9.17) is 5.11 Å². The molecule has 0 fully saturated rings. The molecule has 20 heavy (non-hydrogen) atoms. The number of carbonyl (C=O) groups is 1. The number of unbranched alkanes of at least 4 members (excludes halogenated alkanes) is 2. The summed E-state index contributed by atoms with van der Waals surface area (Å²) in [5.74, 6) is 0.0864. The first kappa shape index (κ1) is 17.1. The number of aliphatic hydroxyl groups excluding tert-OH is 1. The van der Waals surface area contributed by atoms with E-state index in [9.17, 15) is 4.79 Å². The lowest BCUT2D eigenvalue weighted by Crippen LogP contribution is -2.23. The predicted molar refractivity (Wildman–Crippen MR) is 81.8 cm³/mol. The van der Waals surface area contributed by atoms with Crippen LogP contribution in [0.3, 0.4) is 0 Å². The quantitative estimate of drug-likeness (QED) is 0.700. The molecule has 0 unspecified atom stereocenters. The zero-order valence-corrected chi connectivity index (χ0v) is 13.4. The van der Waals surface area contributed by atoms with Crippen molar-refractivity contribution in [3.63, 3.8) is 0 Å². The SMILES string of the molecule is CN(CCCCCO)Cc1csc(CC(=O)N(C)C)n1. The lowest BCUT2D eigenvalue weighted by molar-refractivity contribution is -0.127. The van der Waals surface area contributed by atoms with E-state index in [0.717, 1.165) is 43.1 Å². The van der Waals surface area contributed by atoms with Gasteiger partial charge < -0.3 is 14.9 Å². The molecule has 6 heteroatoms. The van der Waals surface area contributed by atoms with E-state index in [1.807, 2.05) is 5.38 Å². The number of hydrogen-bond acceptors (Lipinski definition) is 5. The number of carbonyl (C=O) groups excluding carboxylic acids is 1. The molecule has 1 rings (SSSR count). The van der Waals surface area contributed by atoms with Gasteiger partial charge in [-0.2, -0.15) is 0 Å². The van der Waals surface area contributed by atoms with E-state index in [1.54, 1.807) is 30.3 Å². The van der Waals surface area contributed by atoms with Crippen LogP contribution in [0.5, 0.6) is 0 Å². The summed E-state index contributed by atoms with van der Waals surface area (Å²) in [4.78, 5) is 19.9. The van der Waals surface area contributed by atoms with Gasteiger partial charge in [-0.25, -0.2) is 4.98 Å². The first-order chi connectivity index (χ1) is 9.52. The standard InChI is InChI=1S/C14H25N3O2S/c1-16(2)14(19)9-13-15-12(11-20-13)10-17(3)7-5-4-6-8-18/h11,18H,4-10H2,1-3H3. The largest absolute Gasteiger partial charge is 0.396 e. The minimum Gasteiger partial charge on any atom is -0.396 e. The van der Waals surface area contributed by atoms with Gasteiger partial charge in [0.1, 0.15) is 5.01 Å². The summed E-state index contributed by atoms with van der Waals surface area (Å²) in [7, 11) is 5.59. The summed E-state index contributed by atoms with van der Waals surface area (Å²) < 4.78 is 0. The fraction of sp³-hybridized carbons (Fsp3) is 0.714. The molecule has 5 nitrogen and oxygen atoms in total. The second-order valence-electron chi connectivity index (χ2n) is 5.22. The van der Waals surface area contributed by atoms with Gasteiger partial charge in [0.25, 0.3) is 0 Å². The number of nitrogens with zero attached hydrogens (tertiary/aromatic N) is 3. The molecule has 0 saturated carbocycles. The Bertz CT molecular complexity index is 407. The number of rotatable bonds is 9. The van der Waals surface area contributed by atoms with Crippen LogP contribution in [0.15, 0.2) is 5.38 Å². The third kappa shape index (κ3) is 6.45. The van der Waals surface area contributed by atoms with E-state index < -0.39 is 0 Å². The van der Waals surface area contributed by atoms with Crippen LogP contribution in [-0.4, -0.2) is 60.1 Å². The Labute approximate surface area is 125 Å². The highest BCUT2D eigenvalue weighted by Gasteiger charge is 2.10. The Morgan fingerprint density at radius 2 is 2.05 bits per heavy atom. The van der Waals surface area contributed by atoms with Crippen molar-refractivity contribution in [1.29, 1.82) is 0 Å². The van der Waals surface area contributed by atoms with Crippen LogP contribution in [0.1, 0.15) is 30.0 Å². The molecule has 0 bridgehead atoms. The highest BCUT2D eigenvalue weighted by Crippen LogP contribution is 2.13. The third-order valence-electron chi connectivity index (χ3n) is 3.03. The van der Waals surface area contributed by atoms with E-state index in [1.165, 1.54) is 0 Å². The molecular formula is C14H25N3O2S. The summed E-state index contributed by atoms with van der Waals surface area (Å²) in [5, 5.41) is 11.6. The Morgan fingerprint density at radius 3 is 2.70 bits per heavy atom. The van der Waals surface area contributed by atoms with Crippen LogP contribution >= 0.6 is 11.3 Å². The highest BCUT2D eigenvalue weighted by molar-refractivity contribution is 7.09. The average Bonchev–Trinajstić information content (AvgIpc) is 2.81. The summed E-state index contributed by atoms with van der Waals surface area (Å²) in [6, 6.07) is 0. The van der Waals surface area contributed by atoms with Gasteiger partial charge in [0.05, 0.1) is 12.1 Å². The minimum absolute atomic E-state index is 0.0864. The number of aliphatic hydroxyl groups is 1. The second kappa shape index (κ2) is 9.05. The zero-order valence-electron chi connectivity index (χ0n) is 12.6. The molecule has 0 aromatic carbocycles. The van der Waals surface area contributed by atoms with Gasteiger partial charge in [-0.3, -0.25) is 4.79 Å². The first-order valence-electron chi connectivity index (χ1n) is 6.95. The average molecular weight is 299 g/mol. The van der Waals surface area contributed by atoms with Crippen LogP contribution in [0, 0.1) is 0 Å². The first-order valence-corrected chi connectivity index (χ1v) is 7.83. The molecule has 1 heterocycles. The molecule has 114 valence electrons. The maximum atomic E-state index is 11.6. The van der Waals surface area contributed by atoms with E-state index in [0.29, 0.717) is 6.42 Å². The molecule has 0 spiro atoms. The molecule has 0 aliphatic rings. The predicted octanol–water partition coefficient (Wildman–Crippen LogP) is 1.37. The van der Waals surface area contributed by atoms with Gasteiger partial charge in [0.15, 0.2) is 0 Å². The van der Waals surface area contributed by atoms with Gasteiger partial charge in [-0.15, -0.1) is 11.3 Å². The summed E-state index contributed by atoms with van der Waals surface area (Å²) in [6.45, 7) is 2.09. The highest BCUT2D eigenvalue weighted by atomic mass is 32.1. The summed E-state index contributed by atoms with van der Waals surface area (Å²) >= 11 is 1.55. The van der Waals surface area contributed by atoms with Crippen molar-refractivity contribution in [2.24, 2.45) is 0 Å². The Kier molecular flexibility index (Phi) is 7.72. The molecule has 0 radical (unpaired) electrons. The monoisotopic (exact) mass is 299 g/mol.